The fourth-order valence-corrected chi connectivity index (χ4v) is 5.99. The zero-order valence-corrected chi connectivity index (χ0v) is 21.8. The Balaban J connectivity index is 1.77. The number of nitrogens with one attached hydrogen (secondary N) is 1. The molecule has 4 aromatic rings. The van der Waals surface area contributed by atoms with Crippen molar-refractivity contribution in [3.8, 4) is 0 Å². The van der Waals surface area contributed by atoms with Crippen LogP contribution >= 0.6 is 0 Å². The third-order valence-corrected chi connectivity index (χ3v) is 8.29. The second kappa shape index (κ2) is 11.9. The normalized spacial score (nSPS) is 12.3. The lowest BCUT2D eigenvalue weighted by Crippen LogP contribution is -2.52. The molecule has 194 valence electrons. The fourth-order valence-electron chi connectivity index (χ4n) is 4.63. The van der Waals surface area contributed by atoms with Crippen LogP contribution in [0.4, 0.5) is 0 Å². The van der Waals surface area contributed by atoms with Crippen molar-refractivity contribution in [2.45, 2.75) is 22.8 Å². The molecule has 0 radical (unpaired) electrons. The minimum absolute atomic E-state index is 0.149. The Morgan fingerprint density at radius 3 is 1.50 bits per heavy atom. The van der Waals surface area contributed by atoms with Crippen LogP contribution in [0.3, 0.4) is 0 Å². The van der Waals surface area contributed by atoms with Gasteiger partial charge < -0.3 is 10.1 Å². The Morgan fingerprint density at radius 2 is 1.11 bits per heavy atom. The smallest absolute Gasteiger partial charge is 0.328 e. The second-order valence-corrected chi connectivity index (χ2v) is 10.9. The second-order valence-electron chi connectivity index (χ2n) is 8.82. The average molecular weight is 528 g/mol. The number of hydrogen-bond acceptors (Lipinski definition) is 5. The largest absolute Gasteiger partial charge is 0.467 e. The highest BCUT2D eigenvalue weighted by atomic mass is 32.2. The van der Waals surface area contributed by atoms with Crippen molar-refractivity contribution in [1.29, 1.82) is 0 Å². The SMILES string of the molecule is COC(=O)[C@@H](CCS(=O)(=O)c1ccccc1)NC(=O)C(c1ccccc1)(c1ccccc1)c1ccccc1. The molecular weight excluding hydrogens is 498 g/mol. The molecule has 1 N–H and O–H groups in total. The molecule has 0 aromatic heterocycles. The molecule has 0 spiro atoms. The summed E-state index contributed by atoms with van der Waals surface area (Å²) >= 11 is 0. The van der Waals surface area contributed by atoms with E-state index in [-0.39, 0.29) is 17.1 Å². The predicted molar refractivity (Wildman–Crippen MR) is 146 cm³/mol. The Morgan fingerprint density at radius 1 is 0.711 bits per heavy atom. The first-order chi connectivity index (χ1) is 18.4. The van der Waals surface area contributed by atoms with Gasteiger partial charge in [-0.15, -0.1) is 0 Å². The van der Waals surface area contributed by atoms with Gasteiger partial charge in [0.05, 0.1) is 17.8 Å². The standard InChI is InChI=1S/C31H29NO5S/c1-37-29(33)28(22-23-38(35,36)27-20-12-5-13-21-27)32-30(34)31(24-14-6-2-7-15-24,25-16-8-3-9-17-25)26-18-10-4-11-19-26/h2-21,28H,22-23H2,1H3,(H,32,34)/t28-/m1/s1. The van der Waals surface area contributed by atoms with E-state index in [4.69, 9.17) is 4.74 Å². The maximum Gasteiger partial charge on any atom is 0.328 e. The Labute approximate surface area is 223 Å². The predicted octanol–water partition coefficient (Wildman–Crippen LogP) is 4.54. The van der Waals surface area contributed by atoms with Gasteiger partial charge in [0, 0.05) is 0 Å². The summed E-state index contributed by atoms with van der Waals surface area (Å²) in [5, 5.41) is 2.85. The lowest BCUT2D eigenvalue weighted by Gasteiger charge is -2.35. The molecule has 0 saturated heterocycles. The van der Waals surface area contributed by atoms with Crippen molar-refractivity contribution >= 4 is 21.7 Å². The van der Waals surface area contributed by atoms with Gasteiger partial charge in [-0.2, -0.15) is 0 Å². The van der Waals surface area contributed by atoms with Crippen LogP contribution in [-0.2, 0) is 29.6 Å². The Hall–Kier alpha value is -4.23. The zero-order valence-electron chi connectivity index (χ0n) is 21.0. The summed E-state index contributed by atoms with van der Waals surface area (Å²) in [6.45, 7) is 0. The summed E-state index contributed by atoms with van der Waals surface area (Å²) in [5.41, 5.74) is 0.801. The number of esters is 1. The highest BCUT2D eigenvalue weighted by molar-refractivity contribution is 7.91. The minimum atomic E-state index is -3.68. The van der Waals surface area contributed by atoms with Crippen molar-refractivity contribution in [2.75, 3.05) is 12.9 Å². The summed E-state index contributed by atoms with van der Waals surface area (Å²) in [6.07, 6.45) is -0.149. The maximum atomic E-state index is 14.4. The quantitative estimate of drug-likeness (QED) is 0.242. The number of sulfone groups is 1. The fraction of sp³-hybridized carbons (Fsp3) is 0.161. The summed E-state index contributed by atoms with van der Waals surface area (Å²) in [5.74, 6) is -1.52. The van der Waals surface area contributed by atoms with Crippen LogP contribution in [0.1, 0.15) is 23.1 Å². The van der Waals surface area contributed by atoms with Crippen LogP contribution < -0.4 is 5.32 Å². The van der Waals surface area contributed by atoms with Crippen LogP contribution in [0.25, 0.3) is 0 Å². The minimum Gasteiger partial charge on any atom is -0.467 e. The molecule has 1 atom stereocenters. The summed E-state index contributed by atoms with van der Waals surface area (Å²) < 4.78 is 30.8. The van der Waals surface area contributed by atoms with E-state index in [1.807, 2.05) is 91.0 Å². The Kier molecular flexibility index (Phi) is 8.38. The van der Waals surface area contributed by atoms with Gasteiger partial charge in [-0.3, -0.25) is 4.79 Å². The van der Waals surface area contributed by atoms with Crippen LogP contribution in [0.2, 0.25) is 0 Å². The van der Waals surface area contributed by atoms with E-state index in [0.29, 0.717) is 16.7 Å². The number of hydrogen-bond donors (Lipinski definition) is 1. The molecule has 4 aromatic carbocycles. The molecule has 38 heavy (non-hydrogen) atoms. The maximum absolute atomic E-state index is 14.4. The topological polar surface area (TPSA) is 89.5 Å². The zero-order chi connectivity index (χ0) is 27.0. The molecule has 0 bridgehead atoms. The van der Waals surface area contributed by atoms with Gasteiger partial charge in [-0.25, -0.2) is 13.2 Å². The first kappa shape index (κ1) is 26.8. The van der Waals surface area contributed by atoms with E-state index in [1.54, 1.807) is 18.2 Å². The number of methoxy groups -OCH3 is 1. The lowest BCUT2D eigenvalue weighted by atomic mass is 9.68. The van der Waals surface area contributed by atoms with Gasteiger partial charge >= 0.3 is 5.97 Å². The number of benzene rings is 4. The van der Waals surface area contributed by atoms with E-state index in [9.17, 15) is 18.0 Å². The average Bonchev–Trinajstić information content (AvgIpc) is 2.97. The molecule has 0 heterocycles. The van der Waals surface area contributed by atoms with E-state index in [0.717, 1.165) is 0 Å². The summed E-state index contributed by atoms with van der Waals surface area (Å²) in [4.78, 5) is 27.4. The van der Waals surface area contributed by atoms with Gasteiger partial charge in [-0.05, 0) is 35.2 Å². The number of carbonyl (C=O) groups is 2. The molecule has 0 aliphatic heterocycles. The first-order valence-corrected chi connectivity index (χ1v) is 13.9. The summed E-state index contributed by atoms with van der Waals surface area (Å²) in [6, 6.07) is 34.8. The highest BCUT2D eigenvalue weighted by Gasteiger charge is 2.45. The van der Waals surface area contributed by atoms with E-state index in [1.165, 1.54) is 19.2 Å². The van der Waals surface area contributed by atoms with Crippen LogP contribution in [0.15, 0.2) is 126 Å². The molecule has 6 nitrogen and oxygen atoms in total. The monoisotopic (exact) mass is 527 g/mol. The third kappa shape index (κ3) is 5.53. The van der Waals surface area contributed by atoms with Gasteiger partial charge in [0.2, 0.25) is 5.91 Å². The van der Waals surface area contributed by atoms with Crippen molar-refractivity contribution in [1.82, 2.24) is 5.32 Å². The third-order valence-electron chi connectivity index (χ3n) is 6.53. The first-order valence-electron chi connectivity index (χ1n) is 12.2. The van der Waals surface area contributed by atoms with Gasteiger partial charge in [0.15, 0.2) is 9.84 Å². The van der Waals surface area contributed by atoms with E-state index >= 15 is 0 Å². The van der Waals surface area contributed by atoms with Gasteiger partial charge in [-0.1, -0.05) is 109 Å². The lowest BCUT2D eigenvalue weighted by molar-refractivity contribution is -0.145. The number of amides is 1. The van der Waals surface area contributed by atoms with Crippen LogP contribution in [0, 0.1) is 0 Å². The van der Waals surface area contributed by atoms with E-state index in [2.05, 4.69) is 5.32 Å². The van der Waals surface area contributed by atoms with Crippen molar-refractivity contribution in [3.63, 3.8) is 0 Å². The van der Waals surface area contributed by atoms with Crippen molar-refractivity contribution < 1.29 is 22.7 Å². The van der Waals surface area contributed by atoms with Crippen LogP contribution in [0.5, 0.6) is 0 Å². The molecule has 0 unspecified atom stereocenters. The van der Waals surface area contributed by atoms with Crippen LogP contribution in [-0.4, -0.2) is 39.2 Å². The number of carbonyl (C=O) groups excluding carboxylic acids is 2. The molecule has 0 aliphatic rings. The molecule has 0 aliphatic carbocycles. The van der Waals surface area contributed by atoms with Crippen molar-refractivity contribution in [3.05, 3.63) is 138 Å². The van der Waals surface area contributed by atoms with E-state index < -0.39 is 33.2 Å². The van der Waals surface area contributed by atoms with Crippen molar-refractivity contribution in [2.24, 2.45) is 0 Å². The molecule has 0 fully saturated rings. The molecule has 0 saturated carbocycles. The molecular formula is C31H29NO5S. The number of rotatable bonds is 10. The van der Waals surface area contributed by atoms with Gasteiger partial charge in [0.1, 0.15) is 11.5 Å². The molecule has 1 amide bonds. The molecule has 4 rings (SSSR count). The summed E-state index contributed by atoms with van der Waals surface area (Å²) in [7, 11) is -2.47. The highest BCUT2D eigenvalue weighted by Crippen LogP contribution is 2.39. The Bertz CT molecular complexity index is 1360. The van der Waals surface area contributed by atoms with Gasteiger partial charge in [0.25, 0.3) is 0 Å². The number of ether oxygens (including phenoxy) is 1. The molecule has 7 heteroatoms.